The maximum Gasteiger partial charge on any atom is 0.159 e. The van der Waals surface area contributed by atoms with E-state index < -0.39 is 0 Å². The lowest BCUT2D eigenvalue weighted by atomic mass is 10.2. The Morgan fingerprint density at radius 3 is 1.77 bits per heavy atom. The molecule has 1 rings (SSSR count). The van der Waals surface area contributed by atoms with Gasteiger partial charge in [-0.3, -0.25) is 4.79 Å². The highest BCUT2D eigenvalue weighted by molar-refractivity contribution is 5.93. The minimum Gasteiger partial charge on any atom is -0.295 e. The second kappa shape index (κ2) is 7.53. The van der Waals surface area contributed by atoms with Crippen LogP contribution in [0.15, 0.2) is 30.3 Å². The maximum absolute atomic E-state index is 10.6. The molecule has 0 aliphatic rings. The number of ketones is 1. The SMILES string of the molecule is CC(=O)c1ccccc1.CCCC. The monoisotopic (exact) mass is 178 g/mol. The Balaban J connectivity index is 0.000000310. The van der Waals surface area contributed by atoms with Crippen LogP contribution < -0.4 is 0 Å². The summed E-state index contributed by atoms with van der Waals surface area (Å²) in [5.41, 5.74) is 0.775. The lowest BCUT2D eigenvalue weighted by Crippen LogP contribution is -1.88. The number of rotatable bonds is 2. The average molecular weight is 178 g/mol. The Morgan fingerprint density at radius 1 is 1.08 bits per heavy atom. The van der Waals surface area contributed by atoms with Crippen molar-refractivity contribution in [2.45, 2.75) is 33.6 Å². The molecule has 0 saturated heterocycles. The summed E-state index contributed by atoms with van der Waals surface area (Å²) < 4.78 is 0. The first kappa shape index (κ1) is 11.9. The number of hydrogen-bond donors (Lipinski definition) is 0. The van der Waals surface area contributed by atoms with Crippen LogP contribution in [0.5, 0.6) is 0 Å². The Bertz CT molecular complexity index is 224. The highest BCUT2D eigenvalue weighted by Gasteiger charge is 1.92. The van der Waals surface area contributed by atoms with Crippen LogP contribution in [-0.2, 0) is 0 Å². The predicted octanol–water partition coefficient (Wildman–Crippen LogP) is 3.70. The average Bonchev–Trinajstić information content (AvgIpc) is 2.19. The van der Waals surface area contributed by atoms with Gasteiger partial charge in [0.1, 0.15) is 0 Å². The van der Waals surface area contributed by atoms with Gasteiger partial charge in [-0.2, -0.15) is 0 Å². The summed E-state index contributed by atoms with van der Waals surface area (Å²) in [4.78, 5) is 10.6. The van der Waals surface area contributed by atoms with Crippen molar-refractivity contribution >= 4 is 5.78 Å². The number of carbonyl (C=O) groups excluding carboxylic acids is 1. The Morgan fingerprint density at radius 2 is 1.54 bits per heavy atom. The van der Waals surface area contributed by atoms with Crippen LogP contribution in [0, 0.1) is 0 Å². The van der Waals surface area contributed by atoms with E-state index in [4.69, 9.17) is 0 Å². The van der Waals surface area contributed by atoms with Gasteiger partial charge in [-0.1, -0.05) is 57.0 Å². The Labute approximate surface area is 80.8 Å². The molecule has 0 unspecified atom stereocenters. The zero-order chi connectivity index (χ0) is 10.1. The van der Waals surface area contributed by atoms with Crippen LogP contribution in [-0.4, -0.2) is 5.78 Å². The van der Waals surface area contributed by atoms with Gasteiger partial charge in [0.2, 0.25) is 0 Å². The van der Waals surface area contributed by atoms with E-state index in [0.717, 1.165) is 5.56 Å². The summed E-state index contributed by atoms with van der Waals surface area (Å²) in [6, 6.07) is 9.23. The molecule has 1 aromatic rings. The van der Waals surface area contributed by atoms with Crippen molar-refractivity contribution in [1.82, 2.24) is 0 Å². The largest absolute Gasteiger partial charge is 0.295 e. The molecular weight excluding hydrogens is 160 g/mol. The molecule has 0 N–H and O–H groups in total. The molecule has 0 bridgehead atoms. The van der Waals surface area contributed by atoms with Crippen LogP contribution in [0.25, 0.3) is 0 Å². The third-order valence-corrected chi connectivity index (χ3v) is 1.68. The predicted molar refractivity (Wildman–Crippen MR) is 57.0 cm³/mol. The fourth-order valence-corrected chi connectivity index (χ4v) is 0.673. The summed E-state index contributed by atoms with van der Waals surface area (Å²) in [6.07, 6.45) is 2.64. The van der Waals surface area contributed by atoms with Gasteiger partial charge in [0.25, 0.3) is 0 Å². The molecule has 0 aliphatic heterocycles. The van der Waals surface area contributed by atoms with Gasteiger partial charge in [0, 0.05) is 5.56 Å². The van der Waals surface area contributed by atoms with Crippen molar-refractivity contribution in [3.63, 3.8) is 0 Å². The summed E-state index contributed by atoms with van der Waals surface area (Å²) >= 11 is 0. The van der Waals surface area contributed by atoms with Gasteiger partial charge in [-0.25, -0.2) is 0 Å². The summed E-state index contributed by atoms with van der Waals surface area (Å²) in [7, 11) is 0. The van der Waals surface area contributed by atoms with Gasteiger partial charge in [-0.05, 0) is 6.92 Å². The van der Waals surface area contributed by atoms with E-state index >= 15 is 0 Å². The Hall–Kier alpha value is -1.11. The number of benzene rings is 1. The smallest absolute Gasteiger partial charge is 0.159 e. The van der Waals surface area contributed by atoms with Gasteiger partial charge >= 0.3 is 0 Å². The van der Waals surface area contributed by atoms with Crippen molar-refractivity contribution < 1.29 is 4.79 Å². The zero-order valence-corrected chi connectivity index (χ0v) is 8.71. The molecule has 1 aromatic carbocycles. The molecule has 1 nitrogen and oxygen atoms in total. The third-order valence-electron chi connectivity index (χ3n) is 1.68. The number of carbonyl (C=O) groups is 1. The standard InChI is InChI=1S/C8H8O.C4H10/c1-7(9)8-5-3-2-4-6-8;1-3-4-2/h2-6H,1H3;3-4H2,1-2H3. The van der Waals surface area contributed by atoms with Crippen molar-refractivity contribution in [1.29, 1.82) is 0 Å². The number of Topliss-reactive ketones (excluding diaryl/α,β-unsaturated/α-hetero) is 1. The molecule has 0 atom stereocenters. The molecule has 0 aliphatic carbocycles. The lowest BCUT2D eigenvalue weighted by molar-refractivity contribution is 0.101. The first-order chi connectivity index (χ1) is 6.22. The van der Waals surface area contributed by atoms with Crippen LogP contribution in [0.2, 0.25) is 0 Å². The lowest BCUT2D eigenvalue weighted by Gasteiger charge is -1.89. The first-order valence-corrected chi connectivity index (χ1v) is 4.78. The second-order valence-electron chi connectivity index (χ2n) is 2.92. The summed E-state index contributed by atoms with van der Waals surface area (Å²) in [5.74, 6) is 0.121. The van der Waals surface area contributed by atoms with E-state index in [0.29, 0.717) is 0 Å². The maximum atomic E-state index is 10.6. The van der Waals surface area contributed by atoms with E-state index in [9.17, 15) is 4.79 Å². The van der Waals surface area contributed by atoms with E-state index in [1.54, 1.807) is 6.92 Å². The first-order valence-electron chi connectivity index (χ1n) is 4.78. The van der Waals surface area contributed by atoms with Crippen molar-refractivity contribution in [3.05, 3.63) is 35.9 Å². The molecule has 1 heteroatoms. The minimum atomic E-state index is 0.121. The molecular formula is C12H18O. The molecule has 0 heterocycles. The molecule has 13 heavy (non-hydrogen) atoms. The quantitative estimate of drug-likeness (QED) is 0.631. The minimum absolute atomic E-state index is 0.121. The number of unbranched alkanes of at least 4 members (excludes halogenated alkanes) is 1. The van der Waals surface area contributed by atoms with Crippen LogP contribution in [0.1, 0.15) is 44.0 Å². The van der Waals surface area contributed by atoms with Gasteiger partial charge < -0.3 is 0 Å². The Kier molecular flexibility index (Phi) is 6.89. The van der Waals surface area contributed by atoms with E-state index in [1.165, 1.54) is 12.8 Å². The van der Waals surface area contributed by atoms with E-state index in [-0.39, 0.29) is 5.78 Å². The fourth-order valence-electron chi connectivity index (χ4n) is 0.673. The van der Waals surface area contributed by atoms with Gasteiger partial charge in [-0.15, -0.1) is 0 Å². The third kappa shape index (κ3) is 6.09. The number of hydrogen-bond acceptors (Lipinski definition) is 1. The molecule has 0 amide bonds. The highest BCUT2D eigenvalue weighted by Crippen LogP contribution is 1.97. The molecule has 0 aromatic heterocycles. The second-order valence-corrected chi connectivity index (χ2v) is 2.92. The highest BCUT2D eigenvalue weighted by atomic mass is 16.1. The van der Waals surface area contributed by atoms with Crippen molar-refractivity contribution in [3.8, 4) is 0 Å². The molecule has 0 saturated carbocycles. The summed E-state index contributed by atoms with van der Waals surface area (Å²) in [5, 5.41) is 0. The van der Waals surface area contributed by atoms with Gasteiger partial charge in [0.05, 0.1) is 0 Å². The van der Waals surface area contributed by atoms with Crippen molar-refractivity contribution in [2.75, 3.05) is 0 Å². The van der Waals surface area contributed by atoms with Crippen LogP contribution in [0.4, 0.5) is 0 Å². The molecule has 72 valence electrons. The van der Waals surface area contributed by atoms with E-state index in [1.807, 2.05) is 30.3 Å². The topological polar surface area (TPSA) is 17.1 Å². The normalized spacial score (nSPS) is 8.54. The molecule has 0 radical (unpaired) electrons. The molecule has 0 spiro atoms. The zero-order valence-electron chi connectivity index (χ0n) is 8.71. The van der Waals surface area contributed by atoms with E-state index in [2.05, 4.69) is 13.8 Å². The van der Waals surface area contributed by atoms with Gasteiger partial charge in [0.15, 0.2) is 5.78 Å². The molecule has 0 fully saturated rings. The van der Waals surface area contributed by atoms with Crippen molar-refractivity contribution in [2.24, 2.45) is 0 Å². The fraction of sp³-hybridized carbons (Fsp3) is 0.417. The summed E-state index contributed by atoms with van der Waals surface area (Å²) in [6.45, 7) is 5.93. The van der Waals surface area contributed by atoms with Crippen LogP contribution in [0.3, 0.4) is 0 Å². The van der Waals surface area contributed by atoms with Crippen LogP contribution >= 0.6 is 0 Å².